The van der Waals surface area contributed by atoms with Gasteiger partial charge in [0, 0.05) is 12.1 Å². The molecule has 2 N–H and O–H groups in total. The number of likely N-dealkylation sites (tertiary alicyclic amines) is 1. The summed E-state index contributed by atoms with van der Waals surface area (Å²) in [5, 5.41) is 18.7. The molecule has 0 amide bonds. The molecule has 0 aliphatic carbocycles. The first-order chi connectivity index (χ1) is 8.82. The van der Waals surface area contributed by atoms with Gasteiger partial charge in [-0.25, -0.2) is 9.59 Å². The fourth-order valence-electron chi connectivity index (χ4n) is 2.00. The van der Waals surface area contributed by atoms with Crippen LogP contribution in [0.15, 0.2) is 10.6 Å². The lowest BCUT2D eigenvalue weighted by molar-refractivity contribution is -0.159. The van der Waals surface area contributed by atoms with Crippen molar-refractivity contribution in [1.29, 1.82) is 0 Å². The van der Waals surface area contributed by atoms with Crippen molar-refractivity contribution in [3.05, 3.63) is 17.5 Å². The number of hydrogen-bond acceptors (Lipinski definition) is 5. The van der Waals surface area contributed by atoms with Crippen LogP contribution in [0.25, 0.3) is 0 Å². The SMILES string of the molecule is Cc1cc([C@@H]2CC[C@@H](C)N2C)on1.O=C(O)C(=O)O. The Hall–Kier alpha value is -1.89. The number of carboxylic acid groups (broad SMARTS) is 2. The highest BCUT2D eigenvalue weighted by molar-refractivity contribution is 6.27. The normalized spacial score (nSPS) is 22.7. The molecule has 1 aromatic rings. The summed E-state index contributed by atoms with van der Waals surface area (Å²) < 4.78 is 5.28. The summed E-state index contributed by atoms with van der Waals surface area (Å²) in [6.07, 6.45) is 2.44. The minimum absolute atomic E-state index is 0.441. The molecule has 1 fully saturated rings. The van der Waals surface area contributed by atoms with Crippen molar-refractivity contribution in [2.75, 3.05) is 7.05 Å². The summed E-state index contributed by atoms with van der Waals surface area (Å²) >= 11 is 0. The molecule has 0 unspecified atom stereocenters. The maximum atomic E-state index is 9.10. The Morgan fingerprint density at radius 3 is 2.26 bits per heavy atom. The van der Waals surface area contributed by atoms with Gasteiger partial charge in [-0.15, -0.1) is 0 Å². The highest BCUT2D eigenvalue weighted by atomic mass is 16.5. The first kappa shape index (κ1) is 15.2. The fourth-order valence-corrected chi connectivity index (χ4v) is 2.00. The maximum absolute atomic E-state index is 9.10. The predicted octanol–water partition coefficient (Wildman–Crippen LogP) is 1.29. The van der Waals surface area contributed by atoms with Gasteiger partial charge in [-0.2, -0.15) is 0 Å². The minimum atomic E-state index is -1.82. The first-order valence-corrected chi connectivity index (χ1v) is 5.94. The number of rotatable bonds is 1. The van der Waals surface area contributed by atoms with Crippen molar-refractivity contribution >= 4 is 11.9 Å². The van der Waals surface area contributed by atoms with Crippen molar-refractivity contribution in [3.8, 4) is 0 Å². The van der Waals surface area contributed by atoms with Crippen LogP contribution in [-0.2, 0) is 9.59 Å². The zero-order valence-electron chi connectivity index (χ0n) is 11.2. The third-order valence-electron chi connectivity index (χ3n) is 3.20. The van der Waals surface area contributed by atoms with Crippen LogP contribution in [0.1, 0.15) is 37.3 Å². The second-order valence-electron chi connectivity index (χ2n) is 4.59. The number of carboxylic acids is 2. The number of carbonyl (C=O) groups is 2. The summed E-state index contributed by atoms with van der Waals surface area (Å²) in [5.41, 5.74) is 0.975. The molecule has 7 nitrogen and oxygen atoms in total. The third-order valence-corrected chi connectivity index (χ3v) is 3.20. The number of nitrogens with zero attached hydrogens (tertiary/aromatic N) is 2. The topological polar surface area (TPSA) is 104 Å². The van der Waals surface area contributed by atoms with Gasteiger partial charge in [0.15, 0.2) is 5.76 Å². The standard InChI is InChI=1S/C10H16N2O.C2H2O4/c1-7-6-10(13-11-7)9-5-4-8(2)12(9)3;3-1(4)2(5)6/h6,8-9H,4-5H2,1-3H3;(H,3,4)(H,5,6)/t8-,9+;/m1./s1. The van der Waals surface area contributed by atoms with E-state index in [0.29, 0.717) is 12.1 Å². The molecule has 1 aromatic heterocycles. The van der Waals surface area contributed by atoms with Gasteiger partial charge in [0.2, 0.25) is 0 Å². The largest absolute Gasteiger partial charge is 0.473 e. The van der Waals surface area contributed by atoms with Crippen LogP contribution in [0.5, 0.6) is 0 Å². The molecular weight excluding hydrogens is 252 g/mol. The zero-order valence-corrected chi connectivity index (χ0v) is 11.2. The van der Waals surface area contributed by atoms with Crippen LogP contribution >= 0.6 is 0 Å². The van der Waals surface area contributed by atoms with Gasteiger partial charge in [-0.05, 0) is 33.7 Å². The Balaban J connectivity index is 0.000000258. The van der Waals surface area contributed by atoms with E-state index in [4.69, 9.17) is 24.3 Å². The van der Waals surface area contributed by atoms with Crippen LogP contribution in [0.2, 0.25) is 0 Å². The average Bonchev–Trinajstić information content (AvgIpc) is 2.88. The molecule has 1 saturated heterocycles. The molecular formula is C12H18N2O5. The molecule has 0 aromatic carbocycles. The molecule has 106 valence electrons. The van der Waals surface area contributed by atoms with Gasteiger partial charge in [0.25, 0.3) is 0 Å². The maximum Gasteiger partial charge on any atom is 0.414 e. The van der Waals surface area contributed by atoms with Crippen molar-refractivity contribution in [2.45, 2.75) is 38.8 Å². The molecule has 0 spiro atoms. The van der Waals surface area contributed by atoms with E-state index in [9.17, 15) is 0 Å². The van der Waals surface area contributed by atoms with E-state index in [-0.39, 0.29) is 0 Å². The molecule has 2 atom stereocenters. The van der Waals surface area contributed by atoms with Crippen LogP contribution < -0.4 is 0 Å². The quantitative estimate of drug-likeness (QED) is 0.741. The summed E-state index contributed by atoms with van der Waals surface area (Å²) in [4.78, 5) is 20.6. The molecule has 2 heterocycles. The second kappa shape index (κ2) is 6.33. The van der Waals surface area contributed by atoms with Crippen LogP contribution in [0.3, 0.4) is 0 Å². The van der Waals surface area contributed by atoms with Gasteiger partial charge < -0.3 is 14.7 Å². The molecule has 7 heteroatoms. The molecule has 1 aliphatic heterocycles. The first-order valence-electron chi connectivity index (χ1n) is 5.94. The lowest BCUT2D eigenvalue weighted by atomic mass is 10.1. The van der Waals surface area contributed by atoms with Crippen LogP contribution in [0, 0.1) is 6.92 Å². The Morgan fingerprint density at radius 1 is 1.37 bits per heavy atom. The molecule has 0 bridgehead atoms. The van der Waals surface area contributed by atoms with Crippen LogP contribution in [0.4, 0.5) is 0 Å². The minimum Gasteiger partial charge on any atom is -0.473 e. The van der Waals surface area contributed by atoms with Gasteiger partial charge in [0.05, 0.1) is 11.7 Å². The van der Waals surface area contributed by atoms with E-state index in [0.717, 1.165) is 11.5 Å². The molecule has 2 rings (SSSR count). The van der Waals surface area contributed by atoms with E-state index in [1.807, 2.05) is 13.0 Å². The fraction of sp³-hybridized carbons (Fsp3) is 0.583. The monoisotopic (exact) mass is 270 g/mol. The summed E-state index contributed by atoms with van der Waals surface area (Å²) in [6, 6.07) is 3.14. The van der Waals surface area contributed by atoms with E-state index in [1.165, 1.54) is 12.8 Å². The summed E-state index contributed by atoms with van der Waals surface area (Å²) in [5.74, 6) is -2.63. The second-order valence-corrected chi connectivity index (χ2v) is 4.59. The lowest BCUT2D eigenvalue weighted by Crippen LogP contribution is -2.24. The van der Waals surface area contributed by atoms with Gasteiger partial charge >= 0.3 is 11.9 Å². The molecule has 1 aliphatic rings. The average molecular weight is 270 g/mol. The Bertz CT molecular complexity index is 445. The van der Waals surface area contributed by atoms with E-state index < -0.39 is 11.9 Å². The predicted molar refractivity (Wildman–Crippen MR) is 65.7 cm³/mol. The van der Waals surface area contributed by atoms with Crippen LogP contribution in [-0.4, -0.2) is 45.3 Å². The van der Waals surface area contributed by atoms with Crippen molar-refractivity contribution in [1.82, 2.24) is 10.1 Å². The molecule has 0 radical (unpaired) electrons. The third kappa shape index (κ3) is 4.06. The molecule has 19 heavy (non-hydrogen) atoms. The van der Waals surface area contributed by atoms with E-state index in [1.54, 1.807) is 0 Å². The highest BCUT2D eigenvalue weighted by Gasteiger charge is 2.30. The number of hydrogen-bond donors (Lipinski definition) is 2. The van der Waals surface area contributed by atoms with E-state index >= 15 is 0 Å². The van der Waals surface area contributed by atoms with E-state index in [2.05, 4.69) is 24.0 Å². The molecule has 0 saturated carbocycles. The number of aryl methyl sites for hydroxylation is 1. The number of aliphatic carboxylic acids is 2. The van der Waals surface area contributed by atoms with Crippen molar-refractivity contribution < 1.29 is 24.3 Å². The Kier molecular flexibility index (Phi) is 5.05. The summed E-state index contributed by atoms with van der Waals surface area (Å²) in [7, 11) is 2.15. The zero-order chi connectivity index (χ0) is 14.6. The van der Waals surface area contributed by atoms with Crippen molar-refractivity contribution in [3.63, 3.8) is 0 Å². The summed E-state index contributed by atoms with van der Waals surface area (Å²) in [6.45, 7) is 4.22. The van der Waals surface area contributed by atoms with Gasteiger partial charge in [-0.1, -0.05) is 5.16 Å². The Labute approximate surface area is 110 Å². The lowest BCUT2D eigenvalue weighted by Gasteiger charge is -2.20. The van der Waals surface area contributed by atoms with Crippen molar-refractivity contribution in [2.24, 2.45) is 0 Å². The smallest absolute Gasteiger partial charge is 0.414 e. The number of aromatic nitrogens is 1. The van der Waals surface area contributed by atoms with Gasteiger partial charge in [-0.3, -0.25) is 4.90 Å². The Morgan fingerprint density at radius 2 is 1.95 bits per heavy atom. The highest BCUT2D eigenvalue weighted by Crippen LogP contribution is 2.34. The van der Waals surface area contributed by atoms with Gasteiger partial charge in [0.1, 0.15) is 0 Å².